The molecule has 0 radical (unpaired) electrons. The van der Waals surface area contributed by atoms with Crippen LogP contribution in [0.2, 0.25) is 0 Å². The highest BCUT2D eigenvalue weighted by Gasteiger charge is 2.09. The van der Waals surface area contributed by atoms with Crippen LogP contribution in [0.3, 0.4) is 0 Å². The van der Waals surface area contributed by atoms with E-state index in [4.69, 9.17) is 4.74 Å². The van der Waals surface area contributed by atoms with Gasteiger partial charge in [-0.25, -0.2) is 4.98 Å². The first-order chi connectivity index (χ1) is 11.3. The summed E-state index contributed by atoms with van der Waals surface area (Å²) in [7, 11) is 0. The smallest absolute Gasteiger partial charge is 0.166 e. The SMILES string of the molecule is CC[C@H](C)c1ccccc1OCCSc1nc2ccccc2[nH]1. The number of aromatic nitrogens is 2. The molecule has 3 aromatic rings. The Morgan fingerprint density at radius 2 is 1.91 bits per heavy atom. The molecule has 4 heteroatoms. The number of fused-ring (bicyclic) bond motifs is 1. The number of hydrogen-bond donors (Lipinski definition) is 1. The first kappa shape index (κ1) is 15.9. The second-order valence-electron chi connectivity index (χ2n) is 5.60. The van der Waals surface area contributed by atoms with Gasteiger partial charge in [-0.15, -0.1) is 0 Å². The first-order valence-electron chi connectivity index (χ1n) is 8.07. The van der Waals surface area contributed by atoms with E-state index in [0.717, 1.165) is 34.1 Å². The summed E-state index contributed by atoms with van der Waals surface area (Å²) in [5.41, 5.74) is 3.39. The number of ether oxygens (including phenoxy) is 1. The molecule has 2 aromatic carbocycles. The standard InChI is InChI=1S/C19H22N2OS/c1-3-14(2)15-8-4-7-11-18(15)22-12-13-23-19-20-16-9-5-6-10-17(16)21-19/h4-11,14H,3,12-13H2,1-2H3,(H,20,21)/t14-/m0/s1. The fourth-order valence-corrected chi connectivity index (χ4v) is 3.23. The van der Waals surface area contributed by atoms with Crippen molar-refractivity contribution in [3.8, 4) is 5.75 Å². The van der Waals surface area contributed by atoms with Crippen LogP contribution in [0.25, 0.3) is 11.0 Å². The lowest BCUT2D eigenvalue weighted by atomic mass is 9.98. The van der Waals surface area contributed by atoms with Gasteiger partial charge in [-0.1, -0.05) is 55.9 Å². The monoisotopic (exact) mass is 326 g/mol. The number of hydrogen-bond acceptors (Lipinski definition) is 3. The van der Waals surface area contributed by atoms with Gasteiger partial charge in [-0.2, -0.15) is 0 Å². The van der Waals surface area contributed by atoms with Gasteiger partial charge in [0.05, 0.1) is 17.6 Å². The molecule has 0 aliphatic carbocycles. The van der Waals surface area contributed by atoms with E-state index >= 15 is 0 Å². The van der Waals surface area contributed by atoms with Crippen molar-refractivity contribution in [1.29, 1.82) is 0 Å². The lowest BCUT2D eigenvalue weighted by Crippen LogP contribution is -2.04. The van der Waals surface area contributed by atoms with Crippen LogP contribution in [0.5, 0.6) is 5.75 Å². The highest BCUT2D eigenvalue weighted by molar-refractivity contribution is 7.99. The molecular weight excluding hydrogens is 304 g/mol. The number of aromatic amines is 1. The summed E-state index contributed by atoms with van der Waals surface area (Å²) in [4.78, 5) is 7.90. The van der Waals surface area contributed by atoms with Crippen LogP contribution in [-0.4, -0.2) is 22.3 Å². The van der Waals surface area contributed by atoms with Gasteiger partial charge >= 0.3 is 0 Å². The summed E-state index contributed by atoms with van der Waals surface area (Å²) in [6, 6.07) is 16.4. The van der Waals surface area contributed by atoms with Crippen LogP contribution in [0, 0.1) is 0 Å². The summed E-state index contributed by atoms with van der Waals surface area (Å²) >= 11 is 1.69. The van der Waals surface area contributed by atoms with E-state index in [1.54, 1.807) is 11.8 Å². The van der Waals surface area contributed by atoms with Gasteiger partial charge in [-0.05, 0) is 36.1 Å². The Morgan fingerprint density at radius 3 is 2.74 bits per heavy atom. The largest absolute Gasteiger partial charge is 0.492 e. The average molecular weight is 326 g/mol. The maximum Gasteiger partial charge on any atom is 0.166 e. The molecule has 23 heavy (non-hydrogen) atoms. The van der Waals surface area contributed by atoms with Gasteiger partial charge < -0.3 is 9.72 Å². The van der Waals surface area contributed by atoms with E-state index in [0.29, 0.717) is 12.5 Å². The molecule has 0 spiro atoms. The number of para-hydroxylation sites is 3. The van der Waals surface area contributed by atoms with Gasteiger partial charge in [0.1, 0.15) is 5.75 Å². The van der Waals surface area contributed by atoms with Crippen LogP contribution in [0.4, 0.5) is 0 Å². The fraction of sp³-hybridized carbons (Fsp3) is 0.316. The molecule has 120 valence electrons. The first-order valence-corrected chi connectivity index (χ1v) is 9.05. The Bertz CT molecular complexity index is 736. The number of imidazole rings is 1. The van der Waals surface area contributed by atoms with Gasteiger partial charge in [0.2, 0.25) is 0 Å². The lowest BCUT2D eigenvalue weighted by Gasteiger charge is -2.15. The van der Waals surface area contributed by atoms with Crippen molar-refractivity contribution in [2.45, 2.75) is 31.3 Å². The lowest BCUT2D eigenvalue weighted by molar-refractivity contribution is 0.338. The van der Waals surface area contributed by atoms with Crippen molar-refractivity contribution in [2.75, 3.05) is 12.4 Å². The van der Waals surface area contributed by atoms with Gasteiger partial charge in [0.25, 0.3) is 0 Å². The van der Waals surface area contributed by atoms with Crippen LogP contribution in [-0.2, 0) is 0 Å². The van der Waals surface area contributed by atoms with Gasteiger partial charge in [0, 0.05) is 5.75 Å². The van der Waals surface area contributed by atoms with Crippen LogP contribution < -0.4 is 4.74 Å². The Morgan fingerprint density at radius 1 is 1.13 bits per heavy atom. The predicted molar refractivity (Wildman–Crippen MR) is 97.5 cm³/mol. The quantitative estimate of drug-likeness (QED) is 0.476. The Balaban J connectivity index is 1.55. The summed E-state index contributed by atoms with van der Waals surface area (Å²) in [5.74, 6) is 2.40. The second-order valence-corrected chi connectivity index (χ2v) is 6.69. The normalized spacial score (nSPS) is 12.4. The number of benzene rings is 2. The van der Waals surface area contributed by atoms with Gasteiger partial charge in [-0.3, -0.25) is 0 Å². The number of nitrogens with one attached hydrogen (secondary N) is 1. The van der Waals surface area contributed by atoms with Crippen molar-refractivity contribution < 1.29 is 4.74 Å². The van der Waals surface area contributed by atoms with Crippen LogP contribution in [0.15, 0.2) is 53.7 Å². The van der Waals surface area contributed by atoms with E-state index < -0.39 is 0 Å². The van der Waals surface area contributed by atoms with Crippen molar-refractivity contribution in [2.24, 2.45) is 0 Å². The fourth-order valence-electron chi connectivity index (χ4n) is 2.53. The number of nitrogens with zero attached hydrogens (tertiary/aromatic N) is 1. The van der Waals surface area contributed by atoms with E-state index in [9.17, 15) is 0 Å². The van der Waals surface area contributed by atoms with E-state index in [1.165, 1.54) is 5.56 Å². The summed E-state index contributed by atoms with van der Waals surface area (Å²) in [6.45, 7) is 5.12. The predicted octanol–water partition coefficient (Wildman–Crippen LogP) is 5.25. The summed E-state index contributed by atoms with van der Waals surface area (Å²) in [6.07, 6.45) is 1.12. The van der Waals surface area contributed by atoms with Crippen molar-refractivity contribution in [3.05, 3.63) is 54.1 Å². The molecule has 0 saturated heterocycles. The van der Waals surface area contributed by atoms with Crippen LogP contribution >= 0.6 is 11.8 Å². The summed E-state index contributed by atoms with van der Waals surface area (Å²) < 4.78 is 5.99. The molecular formula is C19H22N2OS. The molecule has 1 N–H and O–H groups in total. The molecule has 0 saturated carbocycles. The number of rotatable bonds is 7. The molecule has 0 amide bonds. The molecule has 1 atom stereocenters. The molecule has 1 heterocycles. The van der Waals surface area contributed by atoms with E-state index in [-0.39, 0.29) is 0 Å². The average Bonchev–Trinajstić information content (AvgIpc) is 3.01. The zero-order valence-corrected chi connectivity index (χ0v) is 14.4. The molecule has 0 aliphatic rings. The maximum atomic E-state index is 5.99. The van der Waals surface area contributed by atoms with Crippen molar-refractivity contribution in [3.63, 3.8) is 0 Å². The Labute approximate surface area is 141 Å². The molecule has 3 nitrogen and oxygen atoms in total. The van der Waals surface area contributed by atoms with Crippen molar-refractivity contribution in [1.82, 2.24) is 9.97 Å². The van der Waals surface area contributed by atoms with E-state index in [2.05, 4.69) is 42.0 Å². The molecule has 0 fully saturated rings. The van der Waals surface area contributed by atoms with E-state index in [1.807, 2.05) is 30.3 Å². The third-order valence-electron chi connectivity index (χ3n) is 4.01. The number of H-pyrrole nitrogens is 1. The summed E-state index contributed by atoms with van der Waals surface area (Å²) in [5, 5.41) is 0.949. The van der Waals surface area contributed by atoms with Crippen molar-refractivity contribution >= 4 is 22.8 Å². The third-order valence-corrected chi connectivity index (χ3v) is 4.85. The van der Waals surface area contributed by atoms with Crippen LogP contribution in [0.1, 0.15) is 31.7 Å². The molecule has 3 rings (SSSR count). The Hall–Kier alpha value is -1.94. The number of thioether (sulfide) groups is 1. The topological polar surface area (TPSA) is 37.9 Å². The molecule has 0 bridgehead atoms. The second kappa shape index (κ2) is 7.55. The third kappa shape index (κ3) is 3.88. The van der Waals surface area contributed by atoms with Gasteiger partial charge in [0.15, 0.2) is 5.16 Å². The highest BCUT2D eigenvalue weighted by Crippen LogP contribution is 2.28. The molecule has 1 aromatic heterocycles. The maximum absolute atomic E-state index is 5.99. The Kier molecular flexibility index (Phi) is 5.23. The minimum absolute atomic E-state index is 0.522. The molecule has 0 aliphatic heterocycles. The minimum Gasteiger partial charge on any atom is -0.492 e. The highest BCUT2D eigenvalue weighted by atomic mass is 32.2. The molecule has 0 unspecified atom stereocenters. The minimum atomic E-state index is 0.522. The zero-order chi connectivity index (χ0) is 16.1. The zero-order valence-electron chi connectivity index (χ0n) is 13.6.